The molecule has 1 atom stereocenters. The SMILES string of the molecule is Brc1ccc(NCCC2CCNC2)cc1. The second kappa shape index (κ2) is 5.52. The minimum atomic E-state index is 0.868. The van der Waals surface area contributed by atoms with Gasteiger partial charge in [0.2, 0.25) is 0 Å². The smallest absolute Gasteiger partial charge is 0.0340 e. The Morgan fingerprint density at radius 3 is 2.80 bits per heavy atom. The normalized spacial score (nSPS) is 20.5. The fourth-order valence-electron chi connectivity index (χ4n) is 1.95. The van der Waals surface area contributed by atoms with Crippen LogP contribution in [0.1, 0.15) is 12.8 Å². The van der Waals surface area contributed by atoms with Crippen LogP contribution >= 0.6 is 15.9 Å². The summed E-state index contributed by atoms with van der Waals surface area (Å²) in [4.78, 5) is 0. The Balaban J connectivity index is 1.71. The molecule has 0 saturated carbocycles. The average Bonchev–Trinajstić information content (AvgIpc) is 2.74. The minimum absolute atomic E-state index is 0.868. The summed E-state index contributed by atoms with van der Waals surface area (Å²) in [7, 11) is 0. The largest absolute Gasteiger partial charge is 0.385 e. The van der Waals surface area contributed by atoms with E-state index in [0.717, 1.165) is 16.9 Å². The molecule has 1 saturated heterocycles. The highest BCUT2D eigenvalue weighted by Gasteiger charge is 2.13. The van der Waals surface area contributed by atoms with Crippen molar-refractivity contribution in [3.63, 3.8) is 0 Å². The van der Waals surface area contributed by atoms with Gasteiger partial charge in [-0.05, 0) is 56.1 Å². The van der Waals surface area contributed by atoms with E-state index < -0.39 is 0 Å². The fourth-order valence-corrected chi connectivity index (χ4v) is 2.21. The van der Waals surface area contributed by atoms with Gasteiger partial charge < -0.3 is 10.6 Å². The summed E-state index contributed by atoms with van der Waals surface area (Å²) < 4.78 is 1.13. The number of halogens is 1. The van der Waals surface area contributed by atoms with Gasteiger partial charge in [-0.2, -0.15) is 0 Å². The molecule has 0 amide bonds. The molecule has 1 unspecified atom stereocenters. The highest BCUT2D eigenvalue weighted by Crippen LogP contribution is 2.16. The quantitative estimate of drug-likeness (QED) is 0.878. The van der Waals surface area contributed by atoms with Gasteiger partial charge in [-0.15, -0.1) is 0 Å². The van der Waals surface area contributed by atoms with Gasteiger partial charge >= 0.3 is 0 Å². The van der Waals surface area contributed by atoms with Crippen molar-refractivity contribution < 1.29 is 0 Å². The molecule has 1 aliphatic rings. The van der Waals surface area contributed by atoms with Gasteiger partial charge in [-0.25, -0.2) is 0 Å². The summed E-state index contributed by atoms with van der Waals surface area (Å²) in [5.41, 5.74) is 1.21. The first kappa shape index (κ1) is 11.0. The molecule has 2 N–H and O–H groups in total. The Hall–Kier alpha value is -0.540. The first-order valence-electron chi connectivity index (χ1n) is 5.55. The Morgan fingerprint density at radius 1 is 1.33 bits per heavy atom. The van der Waals surface area contributed by atoms with E-state index in [1.54, 1.807) is 0 Å². The maximum absolute atomic E-state index is 3.45. The van der Waals surface area contributed by atoms with Gasteiger partial charge in [0.1, 0.15) is 0 Å². The van der Waals surface area contributed by atoms with E-state index in [9.17, 15) is 0 Å². The van der Waals surface area contributed by atoms with Crippen LogP contribution in [0.15, 0.2) is 28.7 Å². The molecule has 0 aliphatic carbocycles. The van der Waals surface area contributed by atoms with Crippen LogP contribution in [-0.2, 0) is 0 Å². The predicted octanol–water partition coefficient (Wildman–Crippen LogP) is 2.86. The van der Waals surface area contributed by atoms with Crippen molar-refractivity contribution in [2.45, 2.75) is 12.8 Å². The van der Waals surface area contributed by atoms with Crippen molar-refractivity contribution in [2.24, 2.45) is 5.92 Å². The van der Waals surface area contributed by atoms with Crippen LogP contribution < -0.4 is 10.6 Å². The lowest BCUT2D eigenvalue weighted by atomic mass is 10.1. The second-order valence-electron chi connectivity index (χ2n) is 4.08. The topological polar surface area (TPSA) is 24.1 Å². The molecular formula is C12H17BrN2. The van der Waals surface area contributed by atoms with Gasteiger partial charge in [0.05, 0.1) is 0 Å². The van der Waals surface area contributed by atoms with Crippen LogP contribution in [0.25, 0.3) is 0 Å². The van der Waals surface area contributed by atoms with E-state index in [1.807, 2.05) is 0 Å². The monoisotopic (exact) mass is 268 g/mol. The average molecular weight is 269 g/mol. The summed E-state index contributed by atoms with van der Waals surface area (Å²) in [6, 6.07) is 8.35. The maximum atomic E-state index is 3.45. The first-order chi connectivity index (χ1) is 7.34. The highest BCUT2D eigenvalue weighted by atomic mass is 79.9. The van der Waals surface area contributed by atoms with E-state index in [4.69, 9.17) is 0 Å². The Morgan fingerprint density at radius 2 is 2.13 bits per heavy atom. The molecule has 0 bridgehead atoms. The Bertz CT molecular complexity index is 291. The van der Waals surface area contributed by atoms with Crippen LogP contribution in [0, 0.1) is 5.92 Å². The third kappa shape index (κ3) is 3.50. The van der Waals surface area contributed by atoms with E-state index in [1.165, 1.54) is 31.6 Å². The van der Waals surface area contributed by atoms with Crippen LogP contribution in [0.5, 0.6) is 0 Å². The van der Waals surface area contributed by atoms with Gasteiger partial charge in [-0.3, -0.25) is 0 Å². The van der Waals surface area contributed by atoms with Gasteiger partial charge in [-0.1, -0.05) is 15.9 Å². The van der Waals surface area contributed by atoms with Crippen LogP contribution in [0.2, 0.25) is 0 Å². The molecule has 1 heterocycles. The Labute approximate surface area is 99.6 Å². The lowest BCUT2D eigenvalue weighted by Crippen LogP contribution is -2.12. The zero-order valence-electron chi connectivity index (χ0n) is 8.80. The summed E-state index contributed by atoms with van der Waals surface area (Å²) in [5.74, 6) is 0.868. The number of rotatable bonds is 4. The van der Waals surface area contributed by atoms with Gasteiger partial charge in [0, 0.05) is 16.7 Å². The molecule has 82 valence electrons. The Kier molecular flexibility index (Phi) is 4.03. The van der Waals surface area contributed by atoms with Gasteiger partial charge in [0.25, 0.3) is 0 Å². The van der Waals surface area contributed by atoms with Crippen molar-refractivity contribution in [2.75, 3.05) is 25.0 Å². The maximum Gasteiger partial charge on any atom is 0.0340 e. The summed E-state index contributed by atoms with van der Waals surface area (Å²) in [6.07, 6.45) is 2.60. The molecule has 3 heteroatoms. The summed E-state index contributed by atoms with van der Waals surface area (Å²) >= 11 is 3.43. The first-order valence-corrected chi connectivity index (χ1v) is 6.34. The standard InChI is InChI=1S/C12H17BrN2/c13-11-1-3-12(4-2-11)15-8-6-10-5-7-14-9-10/h1-4,10,14-15H,5-9H2. The molecule has 0 aromatic heterocycles. The second-order valence-corrected chi connectivity index (χ2v) is 5.00. The molecule has 2 rings (SSSR count). The number of benzene rings is 1. The van der Waals surface area contributed by atoms with Crippen molar-refractivity contribution in [1.82, 2.24) is 5.32 Å². The molecule has 15 heavy (non-hydrogen) atoms. The number of nitrogens with one attached hydrogen (secondary N) is 2. The molecule has 0 spiro atoms. The van der Waals surface area contributed by atoms with Gasteiger partial charge in [0.15, 0.2) is 0 Å². The fraction of sp³-hybridized carbons (Fsp3) is 0.500. The third-order valence-corrected chi connectivity index (χ3v) is 3.42. The van der Waals surface area contributed by atoms with E-state index in [-0.39, 0.29) is 0 Å². The molecule has 0 radical (unpaired) electrons. The van der Waals surface area contributed by atoms with Crippen LogP contribution in [0.4, 0.5) is 5.69 Å². The van der Waals surface area contributed by atoms with Crippen molar-refractivity contribution in [3.8, 4) is 0 Å². The molecule has 1 aliphatic heterocycles. The predicted molar refractivity (Wildman–Crippen MR) is 68.2 cm³/mol. The minimum Gasteiger partial charge on any atom is -0.385 e. The van der Waals surface area contributed by atoms with E-state index in [2.05, 4.69) is 50.8 Å². The van der Waals surface area contributed by atoms with Crippen molar-refractivity contribution in [1.29, 1.82) is 0 Å². The molecule has 1 fully saturated rings. The molecular weight excluding hydrogens is 252 g/mol. The molecule has 1 aromatic carbocycles. The highest BCUT2D eigenvalue weighted by molar-refractivity contribution is 9.10. The van der Waals surface area contributed by atoms with E-state index in [0.29, 0.717) is 0 Å². The zero-order valence-corrected chi connectivity index (χ0v) is 10.4. The summed E-state index contributed by atoms with van der Waals surface area (Å²) in [6.45, 7) is 3.47. The van der Waals surface area contributed by atoms with Crippen LogP contribution in [-0.4, -0.2) is 19.6 Å². The third-order valence-electron chi connectivity index (χ3n) is 2.89. The lowest BCUT2D eigenvalue weighted by Gasteiger charge is -2.10. The molecule has 2 nitrogen and oxygen atoms in total. The van der Waals surface area contributed by atoms with Crippen LogP contribution in [0.3, 0.4) is 0 Å². The summed E-state index contributed by atoms with van der Waals surface area (Å²) in [5, 5.41) is 6.84. The lowest BCUT2D eigenvalue weighted by molar-refractivity contribution is 0.549. The number of hydrogen-bond donors (Lipinski definition) is 2. The van der Waals surface area contributed by atoms with Crippen molar-refractivity contribution >= 4 is 21.6 Å². The molecule has 1 aromatic rings. The number of hydrogen-bond acceptors (Lipinski definition) is 2. The van der Waals surface area contributed by atoms with E-state index >= 15 is 0 Å². The van der Waals surface area contributed by atoms with Crippen molar-refractivity contribution in [3.05, 3.63) is 28.7 Å². The number of anilines is 1. The zero-order chi connectivity index (χ0) is 10.5.